The monoisotopic (exact) mass is 504 g/mol. The molecule has 1 atom stereocenters. The molecule has 2 aromatic heterocycles. The highest BCUT2D eigenvalue weighted by Crippen LogP contribution is 2.30. The number of hydrogen-bond donors (Lipinski definition) is 1. The Morgan fingerprint density at radius 1 is 1.18 bits per heavy atom. The number of esters is 1. The number of amides is 1. The standard InChI is InChI=1S/C23H28N4O5S2/c1-6-17-12-18(22(29)31-7-2)21(34-17)24-19(28)13-33-23-26-25-20(27(23)4)14(3)32-16-10-8-15(30-5)9-11-16/h8-12,14H,6-7,13H2,1-5H3,(H,24,28). The summed E-state index contributed by atoms with van der Waals surface area (Å²) in [6.45, 7) is 5.90. The third-order valence-electron chi connectivity index (χ3n) is 4.82. The Morgan fingerprint density at radius 3 is 2.53 bits per heavy atom. The molecule has 2 heterocycles. The zero-order valence-electron chi connectivity index (χ0n) is 19.8. The van der Waals surface area contributed by atoms with Crippen LogP contribution in [0.4, 0.5) is 5.00 Å². The lowest BCUT2D eigenvalue weighted by molar-refractivity contribution is -0.113. The molecular weight excluding hydrogens is 476 g/mol. The van der Waals surface area contributed by atoms with Crippen LogP contribution in [0, 0.1) is 0 Å². The van der Waals surface area contributed by atoms with Crippen molar-refractivity contribution in [1.82, 2.24) is 14.8 Å². The second-order valence-electron chi connectivity index (χ2n) is 7.20. The molecule has 0 aliphatic rings. The number of hydrogen-bond acceptors (Lipinski definition) is 9. The van der Waals surface area contributed by atoms with E-state index in [-0.39, 0.29) is 24.4 Å². The summed E-state index contributed by atoms with van der Waals surface area (Å²) < 4.78 is 18.0. The van der Waals surface area contributed by atoms with Gasteiger partial charge in [0.15, 0.2) is 17.1 Å². The number of benzene rings is 1. The molecule has 1 aromatic carbocycles. The summed E-state index contributed by atoms with van der Waals surface area (Å²) in [6.07, 6.45) is 0.417. The highest BCUT2D eigenvalue weighted by atomic mass is 32.2. The maximum Gasteiger partial charge on any atom is 0.341 e. The van der Waals surface area contributed by atoms with Crippen molar-refractivity contribution in [2.75, 3.05) is 24.8 Å². The molecule has 0 bridgehead atoms. The van der Waals surface area contributed by atoms with Gasteiger partial charge in [-0.1, -0.05) is 18.7 Å². The Bertz CT molecular complexity index is 1130. The molecule has 11 heteroatoms. The van der Waals surface area contributed by atoms with Crippen LogP contribution in [0.2, 0.25) is 0 Å². The average Bonchev–Trinajstić information content (AvgIpc) is 3.41. The maximum absolute atomic E-state index is 12.6. The summed E-state index contributed by atoms with van der Waals surface area (Å²) in [6, 6.07) is 9.06. The Morgan fingerprint density at radius 2 is 1.88 bits per heavy atom. The van der Waals surface area contributed by atoms with E-state index in [4.69, 9.17) is 14.2 Å². The minimum atomic E-state index is -0.440. The first-order valence-corrected chi connectivity index (χ1v) is 12.6. The first-order chi connectivity index (χ1) is 16.4. The molecular formula is C23H28N4O5S2. The van der Waals surface area contributed by atoms with Crippen LogP contribution in [0.1, 0.15) is 47.9 Å². The van der Waals surface area contributed by atoms with E-state index >= 15 is 0 Å². The molecule has 0 spiro atoms. The van der Waals surface area contributed by atoms with E-state index in [2.05, 4.69) is 15.5 Å². The number of rotatable bonds is 11. The van der Waals surface area contributed by atoms with Gasteiger partial charge in [0.2, 0.25) is 5.91 Å². The summed E-state index contributed by atoms with van der Waals surface area (Å²) >= 11 is 2.63. The summed E-state index contributed by atoms with van der Waals surface area (Å²) in [5.74, 6) is 1.50. The van der Waals surface area contributed by atoms with Gasteiger partial charge in [-0.15, -0.1) is 21.5 Å². The zero-order valence-corrected chi connectivity index (χ0v) is 21.4. The fourth-order valence-electron chi connectivity index (χ4n) is 3.08. The highest BCUT2D eigenvalue weighted by Gasteiger charge is 2.21. The molecule has 0 radical (unpaired) electrons. The molecule has 1 amide bonds. The molecule has 34 heavy (non-hydrogen) atoms. The Balaban J connectivity index is 1.60. The quantitative estimate of drug-likeness (QED) is 0.301. The average molecular weight is 505 g/mol. The molecule has 0 fully saturated rings. The second kappa shape index (κ2) is 11.9. The third-order valence-corrected chi connectivity index (χ3v) is 7.03. The van der Waals surface area contributed by atoms with E-state index in [1.54, 1.807) is 24.7 Å². The van der Waals surface area contributed by atoms with E-state index in [9.17, 15) is 9.59 Å². The molecule has 1 unspecified atom stereocenters. The Labute approximate surface area is 206 Å². The number of carbonyl (C=O) groups is 2. The van der Waals surface area contributed by atoms with Crippen LogP contribution in [0.5, 0.6) is 11.5 Å². The number of nitrogens with zero attached hydrogens (tertiary/aromatic N) is 3. The van der Waals surface area contributed by atoms with E-state index in [1.807, 2.05) is 45.2 Å². The second-order valence-corrected chi connectivity index (χ2v) is 9.28. The number of aromatic nitrogens is 3. The van der Waals surface area contributed by atoms with Crippen LogP contribution in [0.15, 0.2) is 35.5 Å². The van der Waals surface area contributed by atoms with Crippen molar-refractivity contribution in [3.8, 4) is 11.5 Å². The van der Waals surface area contributed by atoms with Gasteiger partial charge < -0.3 is 24.1 Å². The van der Waals surface area contributed by atoms with Gasteiger partial charge >= 0.3 is 5.97 Å². The van der Waals surface area contributed by atoms with E-state index in [0.717, 1.165) is 17.0 Å². The van der Waals surface area contributed by atoms with Crippen molar-refractivity contribution in [3.05, 3.63) is 46.6 Å². The van der Waals surface area contributed by atoms with Crippen LogP contribution < -0.4 is 14.8 Å². The van der Waals surface area contributed by atoms with Gasteiger partial charge in [0, 0.05) is 11.9 Å². The van der Waals surface area contributed by atoms with Gasteiger partial charge in [-0.2, -0.15) is 0 Å². The van der Waals surface area contributed by atoms with Gasteiger partial charge in [0.25, 0.3) is 0 Å². The number of methoxy groups -OCH3 is 1. The lowest BCUT2D eigenvalue weighted by Crippen LogP contribution is -2.16. The normalized spacial score (nSPS) is 11.7. The number of carbonyl (C=O) groups excluding carboxylic acids is 2. The number of ether oxygens (including phenoxy) is 3. The molecule has 9 nitrogen and oxygen atoms in total. The molecule has 0 saturated heterocycles. The van der Waals surface area contributed by atoms with Crippen molar-refractivity contribution < 1.29 is 23.8 Å². The lowest BCUT2D eigenvalue weighted by atomic mass is 10.2. The molecule has 0 aliphatic carbocycles. The number of nitrogens with one attached hydrogen (secondary N) is 1. The largest absolute Gasteiger partial charge is 0.497 e. The van der Waals surface area contributed by atoms with Crippen molar-refractivity contribution >= 4 is 40.0 Å². The van der Waals surface area contributed by atoms with Crippen LogP contribution in [-0.4, -0.2) is 46.1 Å². The molecule has 182 valence electrons. The summed E-state index contributed by atoms with van der Waals surface area (Å²) in [5.41, 5.74) is 0.382. The van der Waals surface area contributed by atoms with E-state index < -0.39 is 5.97 Å². The van der Waals surface area contributed by atoms with Gasteiger partial charge in [-0.05, 0) is 50.6 Å². The smallest absolute Gasteiger partial charge is 0.341 e. The molecule has 0 saturated carbocycles. The lowest BCUT2D eigenvalue weighted by Gasteiger charge is -2.14. The summed E-state index contributed by atoms with van der Waals surface area (Å²) in [5, 5.41) is 12.3. The Kier molecular flexibility index (Phi) is 8.94. The zero-order chi connectivity index (χ0) is 24.7. The van der Waals surface area contributed by atoms with Crippen LogP contribution in [0.3, 0.4) is 0 Å². The predicted octanol–water partition coefficient (Wildman–Crippen LogP) is 4.50. The van der Waals surface area contributed by atoms with Crippen molar-refractivity contribution in [2.24, 2.45) is 7.05 Å². The van der Waals surface area contributed by atoms with Gasteiger partial charge in [0.05, 0.1) is 25.0 Å². The first-order valence-electron chi connectivity index (χ1n) is 10.8. The van der Waals surface area contributed by atoms with Crippen molar-refractivity contribution in [2.45, 2.75) is 38.5 Å². The minimum Gasteiger partial charge on any atom is -0.497 e. The fourth-order valence-corrected chi connectivity index (χ4v) is 4.80. The number of aryl methyl sites for hydroxylation is 1. The molecule has 1 N–H and O–H groups in total. The number of thiophene rings is 1. The third kappa shape index (κ3) is 6.29. The SMILES string of the molecule is CCOC(=O)c1cc(CC)sc1NC(=O)CSc1nnc(C(C)Oc2ccc(OC)cc2)n1C. The van der Waals surface area contributed by atoms with Crippen LogP contribution in [0.25, 0.3) is 0 Å². The van der Waals surface area contributed by atoms with Gasteiger partial charge in [-0.25, -0.2) is 4.79 Å². The summed E-state index contributed by atoms with van der Waals surface area (Å²) in [4.78, 5) is 25.8. The number of thioether (sulfide) groups is 1. The fraction of sp³-hybridized carbons (Fsp3) is 0.391. The van der Waals surface area contributed by atoms with Crippen LogP contribution in [-0.2, 0) is 23.0 Å². The van der Waals surface area contributed by atoms with Gasteiger partial charge in [0.1, 0.15) is 16.5 Å². The maximum atomic E-state index is 12.6. The highest BCUT2D eigenvalue weighted by molar-refractivity contribution is 7.99. The van der Waals surface area contributed by atoms with E-state index in [0.29, 0.717) is 27.3 Å². The first kappa shape index (κ1) is 25.6. The van der Waals surface area contributed by atoms with E-state index in [1.165, 1.54) is 23.1 Å². The van der Waals surface area contributed by atoms with Crippen LogP contribution >= 0.6 is 23.1 Å². The predicted molar refractivity (Wildman–Crippen MR) is 132 cm³/mol. The number of anilines is 1. The minimum absolute atomic E-state index is 0.112. The van der Waals surface area contributed by atoms with Gasteiger partial charge in [-0.3, -0.25) is 4.79 Å². The molecule has 0 aliphatic heterocycles. The summed E-state index contributed by atoms with van der Waals surface area (Å²) in [7, 11) is 3.44. The topological polar surface area (TPSA) is 105 Å². The Hall–Kier alpha value is -3.05. The van der Waals surface area contributed by atoms with Crippen molar-refractivity contribution in [1.29, 1.82) is 0 Å². The molecule has 3 aromatic rings. The molecule has 3 rings (SSSR count). The van der Waals surface area contributed by atoms with Crippen molar-refractivity contribution in [3.63, 3.8) is 0 Å².